The maximum absolute atomic E-state index is 12.7. The molecule has 0 spiro atoms. The molecule has 4 rings (SSSR count). The van der Waals surface area contributed by atoms with Crippen LogP contribution in [0.1, 0.15) is 12.6 Å². The lowest BCUT2D eigenvalue weighted by molar-refractivity contribution is -0.128. The summed E-state index contributed by atoms with van der Waals surface area (Å²) < 4.78 is 4.11. The summed E-state index contributed by atoms with van der Waals surface area (Å²) in [4.78, 5) is 23.5. The van der Waals surface area contributed by atoms with Gasteiger partial charge in [-0.25, -0.2) is 9.97 Å². The fraction of sp³-hybridized carbons (Fsp3) is 0.211. The molecule has 0 aliphatic rings. The van der Waals surface area contributed by atoms with E-state index in [9.17, 15) is 4.79 Å². The van der Waals surface area contributed by atoms with Gasteiger partial charge in [0.25, 0.3) is 0 Å². The Balaban J connectivity index is 1.43. The van der Waals surface area contributed by atoms with Crippen molar-refractivity contribution in [2.24, 2.45) is 0 Å². The highest BCUT2D eigenvalue weighted by Crippen LogP contribution is 2.29. The van der Waals surface area contributed by atoms with Crippen LogP contribution in [0.3, 0.4) is 0 Å². The predicted molar refractivity (Wildman–Crippen MR) is 107 cm³/mol. The van der Waals surface area contributed by atoms with E-state index in [4.69, 9.17) is 0 Å². The van der Waals surface area contributed by atoms with E-state index in [-0.39, 0.29) is 5.91 Å². The molecule has 0 atom stereocenters. The predicted octanol–water partition coefficient (Wildman–Crippen LogP) is 4.08. The van der Waals surface area contributed by atoms with E-state index in [0.717, 1.165) is 25.9 Å². The molecule has 26 heavy (non-hydrogen) atoms. The number of benzene rings is 1. The van der Waals surface area contributed by atoms with Crippen LogP contribution in [0.4, 0.5) is 0 Å². The van der Waals surface area contributed by atoms with E-state index in [1.165, 1.54) is 11.8 Å². The molecule has 0 bridgehead atoms. The van der Waals surface area contributed by atoms with Crippen LogP contribution in [-0.4, -0.2) is 37.5 Å². The highest BCUT2D eigenvalue weighted by Gasteiger charge is 2.16. The summed E-state index contributed by atoms with van der Waals surface area (Å²) in [6.07, 6.45) is 3.82. The van der Waals surface area contributed by atoms with E-state index in [0.29, 0.717) is 18.8 Å². The number of amides is 1. The van der Waals surface area contributed by atoms with Crippen LogP contribution in [0.15, 0.2) is 59.2 Å². The maximum atomic E-state index is 12.7. The Kier molecular flexibility index (Phi) is 4.90. The molecule has 132 valence electrons. The number of pyridine rings is 1. The normalized spacial score (nSPS) is 11.3. The first kappa shape index (κ1) is 17.1. The van der Waals surface area contributed by atoms with E-state index < -0.39 is 0 Å². The molecule has 0 unspecified atom stereocenters. The third-order valence-electron chi connectivity index (χ3n) is 4.17. The topological polar surface area (TPSA) is 50.5 Å². The third kappa shape index (κ3) is 3.45. The van der Waals surface area contributed by atoms with E-state index >= 15 is 0 Å². The maximum Gasteiger partial charge on any atom is 0.233 e. The van der Waals surface area contributed by atoms with Crippen LogP contribution >= 0.6 is 23.1 Å². The number of thiazole rings is 1. The first-order valence-electron chi connectivity index (χ1n) is 8.41. The number of nitrogens with zero attached hydrogens (tertiary/aromatic N) is 4. The van der Waals surface area contributed by atoms with Crippen molar-refractivity contribution in [1.82, 2.24) is 19.3 Å². The molecule has 0 saturated heterocycles. The summed E-state index contributed by atoms with van der Waals surface area (Å²) in [6, 6.07) is 13.9. The Bertz CT molecular complexity index is 1020. The van der Waals surface area contributed by atoms with Crippen molar-refractivity contribution in [3.63, 3.8) is 0 Å². The molecule has 7 heteroatoms. The average Bonchev–Trinajstić information content (AvgIpc) is 3.27. The number of carbonyl (C=O) groups is 1. The van der Waals surface area contributed by atoms with Crippen molar-refractivity contribution >= 4 is 44.9 Å². The molecule has 0 aliphatic heterocycles. The smallest absolute Gasteiger partial charge is 0.233 e. The van der Waals surface area contributed by atoms with Gasteiger partial charge in [-0.2, -0.15) is 0 Å². The lowest BCUT2D eigenvalue weighted by Crippen LogP contribution is -2.32. The van der Waals surface area contributed by atoms with Crippen molar-refractivity contribution < 1.29 is 4.79 Å². The van der Waals surface area contributed by atoms with Crippen LogP contribution in [0.25, 0.3) is 15.9 Å². The number of para-hydroxylation sites is 1. The fourth-order valence-electron chi connectivity index (χ4n) is 2.80. The van der Waals surface area contributed by atoms with Crippen LogP contribution in [0.2, 0.25) is 0 Å². The highest BCUT2D eigenvalue weighted by molar-refractivity contribution is 8.01. The molecule has 3 heterocycles. The van der Waals surface area contributed by atoms with E-state index in [1.54, 1.807) is 11.3 Å². The molecule has 4 aromatic rings. The summed E-state index contributed by atoms with van der Waals surface area (Å²) in [5, 5.41) is 0. The van der Waals surface area contributed by atoms with Crippen LogP contribution in [-0.2, 0) is 11.3 Å². The Hall–Kier alpha value is -2.38. The quantitative estimate of drug-likeness (QED) is 0.472. The first-order valence-corrected chi connectivity index (χ1v) is 10.2. The van der Waals surface area contributed by atoms with Crippen molar-refractivity contribution in [1.29, 1.82) is 0 Å². The van der Waals surface area contributed by atoms with Gasteiger partial charge >= 0.3 is 0 Å². The second-order valence-corrected chi connectivity index (χ2v) is 8.08. The van der Waals surface area contributed by atoms with Gasteiger partial charge in [0.2, 0.25) is 5.91 Å². The van der Waals surface area contributed by atoms with Gasteiger partial charge < -0.3 is 9.30 Å². The lowest BCUT2D eigenvalue weighted by atomic mass is 10.3. The SMILES string of the molecule is CCN(Cc1cnc2ccccn12)C(=O)CSc1nc2ccccc2s1. The summed E-state index contributed by atoms with van der Waals surface area (Å²) >= 11 is 3.14. The number of hydrogen-bond acceptors (Lipinski definition) is 5. The highest BCUT2D eigenvalue weighted by atomic mass is 32.2. The number of thioether (sulfide) groups is 1. The van der Waals surface area contributed by atoms with Gasteiger partial charge in [0, 0.05) is 12.7 Å². The third-order valence-corrected chi connectivity index (χ3v) is 6.34. The van der Waals surface area contributed by atoms with Gasteiger partial charge in [-0.3, -0.25) is 4.79 Å². The fourth-order valence-corrected chi connectivity index (χ4v) is 4.77. The molecule has 5 nitrogen and oxygen atoms in total. The average molecular weight is 383 g/mol. The summed E-state index contributed by atoms with van der Waals surface area (Å²) in [5.74, 6) is 0.507. The minimum Gasteiger partial charge on any atom is -0.336 e. The minimum absolute atomic E-state index is 0.114. The second kappa shape index (κ2) is 7.47. The number of imidazole rings is 1. The molecule has 3 aromatic heterocycles. The molecular weight excluding hydrogens is 364 g/mol. The number of aromatic nitrogens is 3. The van der Waals surface area contributed by atoms with Crippen LogP contribution < -0.4 is 0 Å². The molecule has 0 N–H and O–H groups in total. The minimum atomic E-state index is 0.114. The summed E-state index contributed by atoms with van der Waals surface area (Å²) in [5.41, 5.74) is 2.90. The Morgan fingerprint density at radius 2 is 2.08 bits per heavy atom. The monoisotopic (exact) mass is 382 g/mol. The van der Waals surface area contributed by atoms with E-state index in [2.05, 4.69) is 16.0 Å². The van der Waals surface area contributed by atoms with Gasteiger partial charge in [-0.05, 0) is 31.2 Å². The summed E-state index contributed by atoms with van der Waals surface area (Å²) in [6.45, 7) is 3.23. The van der Waals surface area contributed by atoms with Crippen LogP contribution in [0.5, 0.6) is 0 Å². The molecule has 0 aliphatic carbocycles. The number of fused-ring (bicyclic) bond motifs is 2. The molecule has 1 aromatic carbocycles. The largest absolute Gasteiger partial charge is 0.336 e. The molecular formula is C19H18N4OS2. The molecule has 0 saturated carbocycles. The first-order chi connectivity index (χ1) is 12.7. The van der Waals surface area contributed by atoms with Gasteiger partial charge in [-0.1, -0.05) is 30.0 Å². The zero-order valence-electron chi connectivity index (χ0n) is 14.3. The molecule has 1 amide bonds. The van der Waals surface area contributed by atoms with Crippen molar-refractivity contribution in [3.05, 3.63) is 60.6 Å². The molecule has 0 fully saturated rings. The zero-order valence-corrected chi connectivity index (χ0v) is 16.0. The Labute approximate surface area is 159 Å². The Morgan fingerprint density at radius 3 is 2.92 bits per heavy atom. The van der Waals surface area contributed by atoms with Gasteiger partial charge in [0.05, 0.1) is 34.4 Å². The van der Waals surface area contributed by atoms with E-state index in [1.807, 2.05) is 65.0 Å². The number of hydrogen-bond donors (Lipinski definition) is 0. The standard InChI is InChI=1S/C19H18N4OS2/c1-2-22(12-14-11-20-17-9-5-6-10-23(14)17)18(24)13-25-19-21-15-7-3-4-8-16(15)26-19/h3-11H,2,12-13H2,1H3. The van der Waals surface area contributed by atoms with Crippen LogP contribution in [0, 0.1) is 0 Å². The van der Waals surface area contributed by atoms with Gasteiger partial charge in [0.15, 0.2) is 4.34 Å². The zero-order chi connectivity index (χ0) is 17.9. The molecule has 0 radical (unpaired) electrons. The lowest BCUT2D eigenvalue weighted by Gasteiger charge is -2.20. The van der Waals surface area contributed by atoms with Gasteiger partial charge in [-0.15, -0.1) is 11.3 Å². The van der Waals surface area contributed by atoms with Crippen molar-refractivity contribution in [3.8, 4) is 0 Å². The number of carbonyl (C=O) groups excluding carboxylic acids is 1. The second-order valence-electron chi connectivity index (χ2n) is 5.82. The number of rotatable bonds is 6. The summed E-state index contributed by atoms with van der Waals surface area (Å²) in [7, 11) is 0. The Morgan fingerprint density at radius 1 is 1.23 bits per heavy atom. The van der Waals surface area contributed by atoms with Gasteiger partial charge in [0.1, 0.15) is 5.65 Å². The van der Waals surface area contributed by atoms with Crippen molar-refractivity contribution in [2.75, 3.05) is 12.3 Å². The van der Waals surface area contributed by atoms with Crippen molar-refractivity contribution in [2.45, 2.75) is 17.8 Å².